The van der Waals surface area contributed by atoms with E-state index in [0.29, 0.717) is 26.3 Å². The molecule has 1 aromatic heterocycles. The molecule has 0 radical (unpaired) electrons. The largest absolute Gasteiger partial charge is 0.368 e. The number of hydrogen-bond donors (Lipinski definition) is 2. The zero-order valence-electron chi connectivity index (χ0n) is 14.1. The number of amides is 1. The Labute approximate surface area is 176 Å². The van der Waals surface area contributed by atoms with E-state index in [0.717, 1.165) is 0 Å². The van der Waals surface area contributed by atoms with Crippen LogP contribution in [0.3, 0.4) is 0 Å². The Kier molecular flexibility index (Phi) is 5.72. The fourth-order valence-electron chi connectivity index (χ4n) is 2.96. The van der Waals surface area contributed by atoms with Gasteiger partial charge in [-0.2, -0.15) is 12.6 Å². The first kappa shape index (κ1) is 20.0. The number of aromatic nitrogens is 3. The molecule has 0 aliphatic heterocycles. The summed E-state index contributed by atoms with van der Waals surface area (Å²) in [5.74, 6) is -0.405. The van der Waals surface area contributed by atoms with E-state index in [-0.39, 0.29) is 5.82 Å². The zero-order chi connectivity index (χ0) is 19.8. The molecule has 9 heteroatoms. The minimum atomic E-state index is -1.35. The molecule has 0 saturated carbocycles. The van der Waals surface area contributed by atoms with Crippen molar-refractivity contribution < 1.29 is 4.79 Å². The maximum absolute atomic E-state index is 12.6. The lowest BCUT2D eigenvalue weighted by molar-refractivity contribution is -0.122. The van der Waals surface area contributed by atoms with Gasteiger partial charge in [0.1, 0.15) is 11.7 Å². The topological polar surface area (TPSA) is 73.8 Å². The van der Waals surface area contributed by atoms with Crippen LogP contribution >= 0.6 is 47.4 Å². The van der Waals surface area contributed by atoms with Gasteiger partial charge in [0.05, 0.1) is 10.7 Å². The van der Waals surface area contributed by atoms with Crippen LogP contribution in [0.4, 0.5) is 0 Å². The summed E-state index contributed by atoms with van der Waals surface area (Å²) in [4.78, 5) is 17.0. The minimum absolute atomic E-state index is 0.214. The molecular weight excluding hydrogens is 427 g/mol. The van der Waals surface area contributed by atoms with Crippen molar-refractivity contribution in [2.24, 2.45) is 5.73 Å². The highest BCUT2D eigenvalue weighted by Crippen LogP contribution is 2.37. The summed E-state index contributed by atoms with van der Waals surface area (Å²) < 4.78 is 1.47. The van der Waals surface area contributed by atoms with Crippen molar-refractivity contribution in [3.63, 3.8) is 0 Å². The summed E-state index contributed by atoms with van der Waals surface area (Å²) in [6.07, 6.45) is 1.47. The molecule has 2 N–H and O–H groups in total. The number of carbonyl (C=O) groups excluding carboxylic acids is 1. The number of hydrogen-bond acceptors (Lipinski definition) is 4. The number of nitrogens with zero attached hydrogens (tertiary/aromatic N) is 3. The van der Waals surface area contributed by atoms with Gasteiger partial charge in [0.2, 0.25) is 5.91 Å². The van der Waals surface area contributed by atoms with Crippen LogP contribution in [-0.2, 0) is 10.2 Å². The molecule has 0 spiro atoms. The second kappa shape index (κ2) is 7.72. The van der Waals surface area contributed by atoms with Crippen LogP contribution < -0.4 is 5.73 Å². The average molecular weight is 442 g/mol. The van der Waals surface area contributed by atoms with Crippen LogP contribution in [-0.4, -0.2) is 25.9 Å². The Morgan fingerprint density at radius 2 is 1.78 bits per heavy atom. The van der Waals surface area contributed by atoms with Gasteiger partial charge in [-0.25, -0.2) is 9.67 Å². The molecule has 2 aromatic carbocycles. The third-order valence-corrected chi connectivity index (χ3v) is 5.49. The lowest BCUT2D eigenvalue weighted by atomic mass is 9.76. The van der Waals surface area contributed by atoms with E-state index in [9.17, 15) is 4.79 Å². The van der Waals surface area contributed by atoms with Gasteiger partial charge in [-0.15, -0.1) is 5.10 Å². The predicted molar refractivity (Wildman–Crippen MR) is 111 cm³/mol. The van der Waals surface area contributed by atoms with Gasteiger partial charge in [0.25, 0.3) is 0 Å². The van der Waals surface area contributed by atoms with Crippen molar-refractivity contribution >= 4 is 53.3 Å². The Hall–Kier alpha value is -1.73. The van der Waals surface area contributed by atoms with Crippen LogP contribution in [0.25, 0.3) is 5.69 Å². The lowest BCUT2D eigenvalue weighted by Gasteiger charge is -2.31. The maximum Gasteiger partial charge on any atom is 0.237 e. The molecule has 0 aliphatic rings. The number of nitrogens with two attached hydrogens (primary N) is 1. The number of rotatable bonds is 5. The quantitative estimate of drug-likeness (QED) is 0.579. The monoisotopic (exact) mass is 440 g/mol. The first-order chi connectivity index (χ1) is 12.8. The standard InChI is InChI=1S/C18H15Cl3N4OS/c1-10(27)18(16(22)26,11-2-4-12(19)5-3-11)17-23-9-25(24-17)15-7-6-13(20)8-14(15)21/h2-10,27H,1H3,(H2,22,26). The molecule has 27 heavy (non-hydrogen) atoms. The third-order valence-electron chi connectivity index (χ3n) is 4.32. The number of carbonyl (C=O) groups is 1. The molecule has 3 rings (SSSR count). The molecule has 3 aromatic rings. The van der Waals surface area contributed by atoms with Crippen LogP contribution in [0.5, 0.6) is 0 Å². The number of halogens is 3. The first-order valence-corrected chi connectivity index (χ1v) is 9.53. The van der Waals surface area contributed by atoms with Crippen molar-refractivity contribution in [3.05, 3.63) is 75.2 Å². The third kappa shape index (κ3) is 3.55. The predicted octanol–water partition coefficient (Wildman–Crippen LogP) is 4.32. The van der Waals surface area contributed by atoms with Crippen LogP contribution in [0.15, 0.2) is 48.8 Å². The van der Waals surface area contributed by atoms with Gasteiger partial charge in [-0.05, 0) is 35.9 Å². The minimum Gasteiger partial charge on any atom is -0.368 e. The van der Waals surface area contributed by atoms with Gasteiger partial charge in [0.15, 0.2) is 5.82 Å². The average Bonchev–Trinajstić information content (AvgIpc) is 3.06. The van der Waals surface area contributed by atoms with Crippen molar-refractivity contribution in [1.29, 1.82) is 0 Å². The fourth-order valence-corrected chi connectivity index (χ4v) is 3.97. The molecule has 2 unspecified atom stereocenters. The molecule has 0 bridgehead atoms. The summed E-state index contributed by atoms with van der Waals surface area (Å²) in [6, 6.07) is 11.8. The lowest BCUT2D eigenvalue weighted by Crippen LogP contribution is -2.49. The normalized spacial score (nSPS) is 14.6. The Balaban J connectivity index is 2.18. The first-order valence-electron chi connectivity index (χ1n) is 7.88. The molecule has 0 saturated heterocycles. The number of primary amides is 1. The van der Waals surface area contributed by atoms with Gasteiger partial charge >= 0.3 is 0 Å². The van der Waals surface area contributed by atoms with Gasteiger partial charge in [0, 0.05) is 15.3 Å². The molecule has 1 amide bonds. The highest BCUT2D eigenvalue weighted by atomic mass is 35.5. The van der Waals surface area contributed by atoms with E-state index in [4.69, 9.17) is 40.5 Å². The molecular formula is C18H15Cl3N4OS. The summed E-state index contributed by atoms with van der Waals surface area (Å²) in [5, 5.41) is 5.41. The van der Waals surface area contributed by atoms with Gasteiger partial charge in [-0.3, -0.25) is 4.79 Å². The highest BCUT2D eigenvalue weighted by molar-refractivity contribution is 7.81. The van der Waals surface area contributed by atoms with E-state index in [1.807, 2.05) is 0 Å². The van der Waals surface area contributed by atoms with Crippen molar-refractivity contribution in [1.82, 2.24) is 14.8 Å². The number of benzene rings is 2. The maximum atomic E-state index is 12.6. The summed E-state index contributed by atoms with van der Waals surface area (Å²) in [6.45, 7) is 1.76. The highest BCUT2D eigenvalue weighted by Gasteiger charge is 2.47. The number of thiol groups is 1. The van der Waals surface area contributed by atoms with E-state index in [1.165, 1.54) is 11.0 Å². The molecule has 0 aliphatic carbocycles. The zero-order valence-corrected chi connectivity index (χ0v) is 17.3. The molecule has 1 heterocycles. The van der Waals surface area contributed by atoms with E-state index in [1.54, 1.807) is 49.4 Å². The van der Waals surface area contributed by atoms with Crippen LogP contribution in [0.1, 0.15) is 18.3 Å². The second-order valence-corrected chi connectivity index (χ2v) is 8.02. The molecule has 0 fully saturated rings. The Morgan fingerprint density at radius 1 is 1.15 bits per heavy atom. The van der Waals surface area contributed by atoms with Crippen LogP contribution in [0, 0.1) is 0 Å². The van der Waals surface area contributed by atoms with Crippen molar-refractivity contribution in [2.75, 3.05) is 0 Å². The fraction of sp³-hybridized carbons (Fsp3) is 0.167. The van der Waals surface area contributed by atoms with E-state index >= 15 is 0 Å². The summed E-state index contributed by atoms with van der Waals surface area (Å²) in [5.41, 5.74) is 5.64. The van der Waals surface area contributed by atoms with Crippen LogP contribution in [0.2, 0.25) is 15.1 Å². The molecule has 2 atom stereocenters. The van der Waals surface area contributed by atoms with E-state index in [2.05, 4.69) is 22.7 Å². The Bertz CT molecular complexity index is 991. The second-order valence-electron chi connectivity index (χ2n) is 5.96. The van der Waals surface area contributed by atoms with Gasteiger partial charge < -0.3 is 5.73 Å². The summed E-state index contributed by atoms with van der Waals surface area (Å²) >= 11 is 22.7. The van der Waals surface area contributed by atoms with Crippen molar-refractivity contribution in [2.45, 2.75) is 17.6 Å². The van der Waals surface area contributed by atoms with Crippen molar-refractivity contribution in [3.8, 4) is 5.69 Å². The molecule has 140 valence electrons. The SMILES string of the molecule is CC(S)C(C(N)=O)(c1ccc(Cl)cc1)c1ncn(-c2ccc(Cl)cc2Cl)n1. The van der Waals surface area contributed by atoms with E-state index < -0.39 is 16.6 Å². The Morgan fingerprint density at radius 3 is 2.33 bits per heavy atom. The molecule has 5 nitrogen and oxygen atoms in total. The smallest absolute Gasteiger partial charge is 0.237 e. The summed E-state index contributed by atoms with van der Waals surface area (Å²) in [7, 11) is 0. The van der Waals surface area contributed by atoms with Gasteiger partial charge in [-0.1, -0.05) is 53.9 Å².